The summed E-state index contributed by atoms with van der Waals surface area (Å²) in [4.78, 5) is 2.37. The Hall–Kier alpha value is -2.08. The van der Waals surface area contributed by atoms with Crippen molar-refractivity contribution in [2.24, 2.45) is 0 Å². The molecular formula is C20H25FN2O2S. The number of halogens is 1. The zero-order valence-electron chi connectivity index (χ0n) is 15.3. The third kappa shape index (κ3) is 3.70. The molecule has 0 spiro atoms. The van der Waals surface area contributed by atoms with Crippen LogP contribution >= 0.6 is 0 Å². The van der Waals surface area contributed by atoms with Crippen molar-refractivity contribution in [1.82, 2.24) is 9.21 Å². The minimum Gasteiger partial charge on any atom is -0.367 e. The van der Waals surface area contributed by atoms with Crippen molar-refractivity contribution in [1.29, 1.82) is 0 Å². The molecule has 6 heteroatoms. The summed E-state index contributed by atoms with van der Waals surface area (Å²) in [5.74, 6) is 0.242. The number of benzene rings is 1. The Kier molecular flexibility index (Phi) is 5.23. The number of nitrogens with zero attached hydrogens (tertiary/aromatic N) is 2. The van der Waals surface area contributed by atoms with Crippen LogP contribution in [0.5, 0.6) is 0 Å². The third-order valence-corrected chi connectivity index (χ3v) is 6.81. The molecule has 0 atom stereocenters. The molecule has 3 rings (SSSR count). The molecule has 1 heterocycles. The first kappa shape index (κ1) is 18.7. The molecule has 2 aliphatic rings. The zero-order chi connectivity index (χ0) is 18.9. The van der Waals surface area contributed by atoms with Gasteiger partial charge in [-0.3, -0.25) is 4.31 Å². The van der Waals surface area contributed by atoms with Gasteiger partial charge in [-0.25, -0.2) is 12.8 Å². The summed E-state index contributed by atoms with van der Waals surface area (Å²) in [6, 6.07) is 7.07. The largest absolute Gasteiger partial charge is 0.367 e. The van der Waals surface area contributed by atoms with Crippen LogP contribution < -0.4 is 0 Å². The van der Waals surface area contributed by atoms with Gasteiger partial charge in [0.05, 0.1) is 18.0 Å². The van der Waals surface area contributed by atoms with E-state index < -0.39 is 10.0 Å². The highest BCUT2D eigenvalue weighted by molar-refractivity contribution is 7.89. The van der Waals surface area contributed by atoms with Crippen molar-refractivity contribution in [2.45, 2.75) is 37.5 Å². The van der Waals surface area contributed by atoms with Gasteiger partial charge in [-0.1, -0.05) is 32.6 Å². The highest BCUT2D eigenvalue weighted by atomic mass is 32.2. The van der Waals surface area contributed by atoms with Gasteiger partial charge in [0.25, 0.3) is 10.0 Å². The van der Waals surface area contributed by atoms with Crippen molar-refractivity contribution < 1.29 is 12.8 Å². The Morgan fingerprint density at radius 3 is 2.31 bits per heavy atom. The summed E-state index contributed by atoms with van der Waals surface area (Å²) in [5.41, 5.74) is 2.68. The Morgan fingerprint density at radius 1 is 1.08 bits per heavy atom. The third-order valence-electron chi connectivity index (χ3n) is 4.92. The number of hydrogen-bond donors (Lipinski definition) is 0. The monoisotopic (exact) mass is 376 g/mol. The highest BCUT2D eigenvalue weighted by Gasteiger charge is 2.31. The maximum atomic E-state index is 13.2. The van der Waals surface area contributed by atoms with E-state index in [0.29, 0.717) is 49.0 Å². The molecule has 0 N–H and O–H groups in total. The Labute approximate surface area is 155 Å². The molecule has 4 nitrogen and oxygen atoms in total. The van der Waals surface area contributed by atoms with E-state index in [-0.39, 0.29) is 5.83 Å². The maximum absolute atomic E-state index is 13.2. The lowest BCUT2D eigenvalue weighted by Gasteiger charge is -2.39. The Morgan fingerprint density at radius 2 is 1.77 bits per heavy atom. The van der Waals surface area contributed by atoms with Crippen LogP contribution in [0, 0.1) is 0 Å². The molecule has 140 valence electrons. The van der Waals surface area contributed by atoms with Crippen molar-refractivity contribution >= 4 is 10.0 Å². The van der Waals surface area contributed by atoms with E-state index in [9.17, 15) is 12.8 Å². The van der Waals surface area contributed by atoms with Gasteiger partial charge in [0.2, 0.25) is 0 Å². The summed E-state index contributed by atoms with van der Waals surface area (Å²) >= 11 is 0. The van der Waals surface area contributed by atoms with Crippen LogP contribution in [0.4, 0.5) is 4.39 Å². The van der Waals surface area contributed by atoms with E-state index in [1.807, 2.05) is 12.1 Å². The normalized spacial score (nSPS) is 18.8. The average molecular weight is 376 g/mol. The minimum atomic E-state index is -3.60. The van der Waals surface area contributed by atoms with Gasteiger partial charge in [-0.05, 0) is 42.2 Å². The van der Waals surface area contributed by atoms with E-state index in [4.69, 9.17) is 0 Å². The van der Waals surface area contributed by atoms with E-state index >= 15 is 0 Å². The van der Waals surface area contributed by atoms with Gasteiger partial charge in [0, 0.05) is 24.4 Å². The molecule has 0 aromatic heterocycles. The fraction of sp³-hybridized carbons (Fsp3) is 0.400. The Balaban J connectivity index is 1.75. The molecule has 1 aliphatic carbocycles. The predicted molar refractivity (Wildman–Crippen MR) is 102 cm³/mol. The zero-order valence-corrected chi connectivity index (χ0v) is 16.1. The van der Waals surface area contributed by atoms with Crippen LogP contribution in [-0.2, 0) is 10.0 Å². The quantitative estimate of drug-likeness (QED) is 0.792. The van der Waals surface area contributed by atoms with E-state index in [0.717, 1.165) is 11.3 Å². The summed E-state index contributed by atoms with van der Waals surface area (Å²) in [6.07, 6.45) is 4.31. The van der Waals surface area contributed by atoms with Gasteiger partial charge >= 0.3 is 0 Å². The van der Waals surface area contributed by atoms with Crippen molar-refractivity contribution in [2.75, 3.05) is 19.6 Å². The average Bonchev–Trinajstić information content (AvgIpc) is 2.62. The van der Waals surface area contributed by atoms with Crippen LogP contribution in [-0.4, -0.2) is 37.3 Å². The van der Waals surface area contributed by atoms with Crippen LogP contribution in [0.25, 0.3) is 0 Å². The fourth-order valence-electron chi connectivity index (χ4n) is 3.30. The topological polar surface area (TPSA) is 40.6 Å². The van der Waals surface area contributed by atoms with E-state index in [2.05, 4.69) is 25.3 Å². The molecule has 1 fully saturated rings. The molecule has 1 aromatic rings. The molecule has 1 saturated heterocycles. The molecule has 0 saturated carbocycles. The molecule has 1 aromatic carbocycles. The first-order valence-corrected chi connectivity index (χ1v) is 10.3. The first-order valence-electron chi connectivity index (χ1n) is 8.89. The second-order valence-corrected chi connectivity index (χ2v) is 8.92. The SMILES string of the molecule is C=C1CN(C2=CC=C(F)CC2)CCN1S(=O)(=O)c1ccc(C(C)C)cc1. The maximum Gasteiger partial charge on any atom is 0.264 e. The molecular weight excluding hydrogens is 351 g/mol. The number of allylic oxidation sites excluding steroid dienone is 4. The number of piperazine rings is 1. The van der Waals surface area contributed by atoms with Gasteiger partial charge in [-0.15, -0.1) is 0 Å². The second-order valence-electron chi connectivity index (χ2n) is 7.06. The second kappa shape index (κ2) is 7.27. The molecule has 0 amide bonds. The standard InChI is InChI=1S/C20H25FN2O2S/c1-15(2)17-4-10-20(11-5-17)26(24,25)23-13-12-22(14-16(23)3)19-8-6-18(21)7-9-19/h4-6,8,10-11,15H,3,7,9,12-14H2,1-2H3. The van der Waals surface area contributed by atoms with Crippen molar-refractivity contribution in [3.8, 4) is 0 Å². The number of rotatable bonds is 4. The fourth-order valence-corrected chi connectivity index (χ4v) is 4.75. The molecule has 0 radical (unpaired) electrons. The molecule has 0 unspecified atom stereocenters. The number of hydrogen-bond acceptors (Lipinski definition) is 3. The van der Waals surface area contributed by atoms with Gasteiger partial charge < -0.3 is 4.90 Å². The summed E-state index contributed by atoms with van der Waals surface area (Å²) in [7, 11) is -3.60. The molecule has 26 heavy (non-hydrogen) atoms. The van der Waals surface area contributed by atoms with Crippen molar-refractivity contribution in [3.63, 3.8) is 0 Å². The van der Waals surface area contributed by atoms with Crippen LogP contribution in [0.2, 0.25) is 0 Å². The lowest BCUT2D eigenvalue weighted by molar-refractivity contribution is 0.264. The summed E-state index contributed by atoms with van der Waals surface area (Å²) in [5, 5.41) is 0. The van der Waals surface area contributed by atoms with Gasteiger partial charge in [0.15, 0.2) is 0 Å². The lowest BCUT2D eigenvalue weighted by atomic mass is 10.0. The number of sulfonamides is 1. The first-order chi connectivity index (χ1) is 12.3. The van der Waals surface area contributed by atoms with Gasteiger partial charge in [0.1, 0.15) is 5.83 Å². The van der Waals surface area contributed by atoms with Crippen LogP contribution in [0.3, 0.4) is 0 Å². The minimum absolute atomic E-state index is 0.112. The van der Waals surface area contributed by atoms with Gasteiger partial charge in [-0.2, -0.15) is 0 Å². The molecule has 1 aliphatic heterocycles. The smallest absolute Gasteiger partial charge is 0.264 e. The highest BCUT2D eigenvalue weighted by Crippen LogP contribution is 2.28. The van der Waals surface area contributed by atoms with Crippen LogP contribution in [0.1, 0.15) is 38.2 Å². The Bertz CT molecular complexity index is 854. The summed E-state index contributed by atoms with van der Waals surface area (Å²) in [6.45, 7) is 9.48. The molecule has 0 bridgehead atoms. The van der Waals surface area contributed by atoms with E-state index in [1.54, 1.807) is 18.2 Å². The van der Waals surface area contributed by atoms with E-state index in [1.165, 1.54) is 10.4 Å². The summed E-state index contributed by atoms with van der Waals surface area (Å²) < 4.78 is 40.5. The van der Waals surface area contributed by atoms with Crippen molar-refractivity contribution in [3.05, 3.63) is 65.8 Å². The van der Waals surface area contributed by atoms with Crippen LogP contribution in [0.15, 0.2) is 65.1 Å². The lowest BCUT2D eigenvalue weighted by Crippen LogP contribution is -2.46. The predicted octanol–water partition coefficient (Wildman–Crippen LogP) is 4.16.